The third kappa shape index (κ3) is 3.98. The number of hydrogen-bond acceptors (Lipinski definition) is 6. The minimum Gasteiger partial charge on any atom is -0.345 e. The summed E-state index contributed by atoms with van der Waals surface area (Å²) in [5.74, 6) is -0.0541. The first-order chi connectivity index (χ1) is 17.6. The number of benzene rings is 1. The molecule has 0 fully saturated rings. The summed E-state index contributed by atoms with van der Waals surface area (Å²) in [6, 6.07) is 7.63. The lowest BCUT2D eigenvalue weighted by molar-refractivity contribution is 0.544. The number of rotatable bonds is 7. The number of aromatic amines is 1. The first-order valence-electron chi connectivity index (χ1n) is 11.8. The Morgan fingerprint density at radius 1 is 1.27 bits per heavy atom. The Bertz CT molecular complexity index is 1830. The number of aryl methyl sites for hydroxylation is 1. The molecule has 5 rings (SSSR count). The third-order valence-corrected chi connectivity index (χ3v) is 9.31. The Kier molecular flexibility index (Phi) is 6.07. The summed E-state index contributed by atoms with van der Waals surface area (Å²) in [6.07, 6.45) is 7.23. The molecule has 9 nitrogen and oxygen atoms in total. The molecule has 2 N–H and O–H groups in total. The molecule has 5 aromatic rings. The summed E-state index contributed by atoms with van der Waals surface area (Å²) in [5.41, 5.74) is 3.42. The smallest absolute Gasteiger partial charge is 0.272 e. The summed E-state index contributed by atoms with van der Waals surface area (Å²) in [5, 5.41) is 4.33. The fourth-order valence-electron chi connectivity index (χ4n) is 4.82. The quantitative estimate of drug-likeness (QED) is 0.297. The van der Waals surface area contributed by atoms with Crippen molar-refractivity contribution in [2.75, 3.05) is 17.5 Å². The monoisotopic (exact) mass is 536 g/mol. The topological polar surface area (TPSA) is 114 Å². The predicted molar refractivity (Wildman–Crippen MR) is 151 cm³/mol. The second kappa shape index (κ2) is 9.00. The molecule has 0 bridgehead atoms. The van der Waals surface area contributed by atoms with Gasteiger partial charge in [0, 0.05) is 66.3 Å². The highest BCUT2D eigenvalue weighted by atomic mass is 32.2. The van der Waals surface area contributed by atoms with Gasteiger partial charge in [-0.25, -0.2) is 13.4 Å². The van der Waals surface area contributed by atoms with E-state index in [1.54, 1.807) is 30.9 Å². The van der Waals surface area contributed by atoms with Crippen molar-refractivity contribution in [3.8, 4) is 11.1 Å². The number of fused-ring (bicyclic) bond motifs is 2. The number of nitrogens with zero attached hydrogens (tertiary/aromatic N) is 4. The lowest BCUT2D eigenvalue weighted by Gasteiger charge is -2.31. The number of aliphatic imine (C=N–C) groups is 1. The van der Waals surface area contributed by atoms with Crippen LogP contribution in [0.4, 0.5) is 5.69 Å². The number of sulfonamides is 1. The Morgan fingerprint density at radius 2 is 2.05 bits per heavy atom. The molecule has 11 heteroatoms. The van der Waals surface area contributed by atoms with Crippen molar-refractivity contribution in [1.29, 1.82) is 0 Å². The molecule has 37 heavy (non-hydrogen) atoms. The van der Waals surface area contributed by atoms with E-state index in [-0.39, 0.29) is 11.3 Å². The van der Waals surface area contributed by atoms with Crippen LogP contribution in [0.25, 0.3) is 32.9 Å². The fraction of sp³-hybridized carbons (Fsp3) is 0.269. The van der Waals surface area contributed by atoms with Crippen molar-refractivity contribution >= 4 is 54.6 Å². The van der Waals surface area contributed by atoms with Crippen LogP contribution in [0, 0.1) is 0 Å². The SMILES string of the molecule is CCS(=O)(=O)Nc1cc(-c2cn(C)c3c(=O)[nH]ccc23)cc2c1ccn2C(C)(C(C)=NC)c1nccs1. The van der Waals surface area contributed by atoms with E-state index in [1.807, 2.05) is 56.0 Å². The fourth-order valence-corrected chi connectivity index (χ4v) is 6.32. The van der Waals surface area contributed by atoms with Gasteiger partial charge in [0.1, 0.15) is 16.1 Å². The zero-order valence-corrected chi connectivity index (χ0v) is 22.9. The van der Waals surface area contributed by atoms with Gasteiger partial charge in [-0.3, -0.25) is 14.5 Å². The average Bonchev–Trinajstić information content (AvgIpc) is 3.63. The van der Waals surface area contributed by atoms with Gasteiger partial charge in [-0.05, 0) is 50.6 Å². The zero-order valence-electron chi connectivity index (χ0n) is 21.2. The van der Waals surface area contributed by atoms with Crippen molar-refractivity contribution in [2.45, 2.75) is 26.3 Å². The Balaban J connectivity index is 1.86. The maximum atomic E-state index is 12.7. The normalized spacial score (nSPS) is 14.4. The highest BCUT2D eigenvalue weighted by molar-refractivity contribution is 7.92. The number of anilines is 1. The molecule has 0 aliphatic heterocycles. The minimum atomic E-state index is -3.55. The Labute approximate surface area is 218 Å². The van der Waals surface area contributed by atoms with E-state index in [0.29, 0.717) is 11.2 Å². The van der Waals surface area contributed by atoms with Crippen LogP contribution >= 0.6 is 11.3 Å². The number of H-pyrrole nitrogens is 1. The number of nitrogens with one attached hydrogen (secondary N) is 2. The predicted octanol–water partition coefficient (Wildman–Crippen LogP) is 4.56. The molecule has 192 valence electrons. The number of pyridine rings is 1. The molecule has 1 unspecified atom stereocenters. The summed E-state index contributed by atoms with van der Waals surface area (Å²) < 4.78 is 32.0. The zero-order chi connectivity index (χ0) is 26.5. The number of thiazole rings is 1. The van der Waals surface area contributed by atoms with Crippen molar-refractivity contribution < 1.29 is 8.42 Å². The summed E-state index contributed by atoms with van der Waals surface area (Å²) >= 11 is 1.54. The van der Waals surface area contributed by atoms with Crippen molar-refractivity contribution in [1.82, 2.24) is 19.1 Å². The molecular weight excluding hydrogens is 508 g/mol. The van der Waals surface area contributed by atoms with Gasteiger partial charge in [0.05, 0.1) is 17.0 Å². The highest BCUT2D eigenvalue weighted by Crippen LogP contribution is 2.39. The van der Waals surface area contributed by atoms with Crippen molar-refractivity contribution in [3.63, 3.8) is 0 Å². The molecule has 0 aliphatic rings. The molecule has 0 radical (unpaired) electrons. The van der Waals surface area contributed by atoms with Crippen LogP contribution in [0.5, 0.6) is 0 Å². The summed E-state index contributed by atoms with van der Waals surface area (Å²) in [4.78, 5) is 24.4. The molecule has 1 atom stereocenters. The van der Waals surface area contributed by atoms with Crippen LogP contribution in [-0.4, -0.2) is 46.0 Å². The van der Waals surface area contributed by atoms with Gasteiger partial charge in [-0.15, -0.1) is 11.3 Å². The number of aromatic nitrogens is 4. The van der Waals surface area contributed by atoms with Crippen LogP contribution < -0.4 is 10.3 Å². The van der Waals surface area contributed by atoms with Crippen LogP contribution in [0.3, 0.4) is 0 Å². The van der Waals surface area contributed by atoms with E-state index < -0.39 is 15.6 Å². The second-order valence-electron chi connectivity index (χ2n) is 9.09. The van der Waals surface area contributed by atoms with Gasteiger partial charge in [0.2, 0.25) is 10.0 Å². The largest absolute Gasteiger partial charge is 0.345 e. The second-order valence-corrected chi connectivity index (χ2v) is 12.0. The molecule has 0 saturated heterocycles. The first-order valence-corrected chi connectivity index (χ1v) is 14.3. The van der Waals surface area contributed by atoms with E-state index in [1.165, 1.54) is 11.3 Å². The van der Waals surface area contributed by atoms with Gasteiger partial charge in [-0.2, -0.15) is 0 Å². The molecule has 4 heterocycles. The van der Waals surface area contributed by atoms with Crippen molar-refractivity contribution in [3.05, 3.63) is 69.8 Å². The summed E-state index contributed by atoms with van der Waals surface area (Å²) in [6.45, 7) is 5.63. The standard InChI is InChI=1S/C26H28N6O3S2/c1-6-37(34,35)30-21-13-17(20-15-31(5)23-18(20)7-9-28-24(23)33)14-22-19(21)8-11-32(22)26(3,16(2)27-4)25-29-10-12-36-25/h7-15,30H,6H2,1-5H3,(H,28,33). The maximum Gasteiger partial charge on any atom is 0.272 e. The van der Waals surface area contributed by atoms with E-state index in [4.69, 9.17) is 0 Å². The average molecular weight is 537 g/mol. The van der Waals surface area contributed by atoms with E-state index in [0.717, 1.165) is 38.1 Å². The van der Waals surface area contributed by atoms with Crippen LogP contribution in [-0.2, 0) is 22.6 Å². The molecular formula is C26H28N6O3S2. The maximum absolute atomic E-state index is 12.7. The van der Waals surface area contributed by atoms with Gasteiger partial charge >= 0.3 is 0 Å². The van der Waals surface area contributed by atoms with Gasteiger partial charge in [0.25, 0.3) is 5.56 Å². The molecule has 0 aliphatic carbocycles. The van der Waals surface area contributed by atoms with Crippen LogP contribution in [0.1, 0.15) is 25.8 Å². The van der Waals surface area contributed by atoms with E-state index in [2.05, 4.69) is 31.2 Å². The lowest BCUT2D eigenvalue weighted by Crippen LogP contribution is -2.38. The molecule has 0 spiro atoms. The summed E-state index contributed by atoms with van der Waals surface area (Å²) in [7, 11) is 0.0289. The van der Waals surface area contributed by atoms with Crippen LogP contribution in [0.15, 0.2) is 64.2 Å². The molecule has 4 aromatic heterocycles. The van der Waals surface area contributed by atoms with Crippen molar-refractivity contribution in [2.24, 2.45) is 12.0 Å². The first kappa shape index (κ1) is 25.0. The van der Waals surface area contributed by atoms with Gasteiger partial charge in [0.15, 0.2) is 0 Å². The molecule has 0 amide bonds. The Hall–Kier alpha value is -3.70. The lowest BCUT2D eigenvalue weighted by atomic mass is 9.96. The third-order valence-electron chi connectivity index (χ3n) is 7.04. The minimum absolute atomic E-state index is 0.0541. The van der Waals surface area contributed by atoms with Crippen LogP contribution in [0.2, 0.25) is 0 Å². The number of hydrogen-bond donors (Lipinski definition) is 2. The molecule has 1 aromatic carbocycles. The van der Waals surface area contributed by atoms with Gasteiger partial charge in [-0.1, -0.05) is 0 Å². The Morgan fingerprint density at radius 3 is 2.73 bits per heavy atom. The van der Waals surface area contributed by atoms with E-state index >= 15 is 0 Å². The highest BCUT2D eigenvalue weighted by Gasteiger charge is 2.36. The van der Waals surface area contributed by atoms with Gasteiger partial charge < -0.3 is 14.1 Å². The molecule has 0 saturated carbocycles. The van der Waals surface area contributed by atoms with E-state index in [9.17, 15) is 13.2 Å².